The van der Waals surface area contributed by atoms with Crippen molar-refractivity contribution in [2.24, 2.45) is 0 Å². The predicted molar refractivity (Wildman–Crippen MR) is 83.8 cm³/mol. The van der Waals surface area contributed by atoms with Gasteiger partial charge in [0.05, 0.1) is 0 Å². The first kappa shape index (κ1) is 14.2. The van der Waals surface area contributed by atoms with E-state index < -0.39 is 0 Å². The van der Waals surface area contributed by atoms with Crippen LogP contribution in [0, 0.1) is 0 Å². The normalized spacial score (nSPS) is 12.9. The van der Waals surface area contributed by atoms with Crippen LogP contribution in [0.2, 0.25) is 0 Å². The summed E-state index contributed by atoms with van der Waals surface area (Å²) < 4.78 is 10.8. The van der Waals surface area contributed by atoms with Gasteiger partial charge in [-0.15, -0.1) is 11.6 Å². The number of fused-ring (bicyclic) bond motifs is 1. The molecule has 3 rings (SSSR count). The molecule has 0 aromatic heterocycles. The molecule has 1 aliphatic heterocycles. The third-order valence-electron chi connectivity index (χ3n) is 3.49. The maximum Gasteiger partial charge on any atom is 0.231 e. The van der Waals surface area contributed by atoms with Gasteiger partial charge in [-0.05, 0) is 23.3 Å². The molecular weight excluding hydrogens is 286 g/mol. The van der Waals surface area contributed by atoms with E-state index in [2.05, 4.69) is 41.3 Å². The molecular formula is C17H18ClNO2. The maximum atomic E-state index is 5.94. The Labute approximate surface area is 130 Å². The van der Waals surface area contributed by atoms with Gasteiger partial charge in [0.15, 0.2) is 11.5 Å². The molecule has 0 amide bonds. The highest BCUT2D eigenvalue weighted by atomic mass is 35.5. The minimum absolute atomic E-state index is 0.314. The smallest absolute Gasteiger partial charge is 0.231 e. The molecule has 0 aliphatic carbocycles. The molecule has 0 fully saturated rings. The molecule has 0 bridgehead atoms. The molecule has 0 saturated heterocycles. The first-order valence-corrected chi connectivity index (χ1v) is 7.59. The molecule has 2 aromatic carbocycles. The topological polar surface area (TPSA) is 21.7 Å². The molecule has 110 valence electrons. The lowest BCUT2D eigenvalue weighted by Gasteiger charge is -2.21. The van der Waals surface area contributed by atoms with Crippen molar-refractivity contribution >= 4 is 11.6 Å². The van der Waals surface area contributed by atoms with Crippen LogP contribution in [0.4, 0.5) is 0 Å². The number of benzene rings is 2. The number of hydrogen-bond acceptors (Lipinski definition) is 3. The highest BCUT2D eigenvalue weighted by Gasteiger charge is 2.14. The molecule has 4 heteroatoms. The molecule has 0 atom stereocenters. The number of hydrogen-bond donors (Lipinski definition) is 0. The molecule has 0 spiro atoms. The minimum atomic E-state index is 0.314. The van der Waals surface area contributed by atoms with Crippen LogP contribution < -0.4 is 9.47 Å². The SMILES string of the molecule is ClCCN(Cc1ccccc1)Cc1ccc2c(c1)OCO2. The Morgan fingerprint density at radius 3 is 2.48 bits per heavy atom. The van der Waals surface area contributed by atoms with Crippen molar-refractivity contribution in [1.29, 1.82) is 0 Å². The summed E-state index contributed by atoms with van der Waals surface area (Å²) in [5.41, 5.74) is 2.50. The third kappa shape index (κ3) is 3.69. The van der Waals surface area contributed by atoms with Crippen LogP contribution in [0.5, 0.6) is 11.5 Å². The molecule has 3 nitrogen and oxygen atoms in total. The van der Waals surface area contributed by atoms with Gasteiger partial charge in [0.1, 0.15) is 0 Å². The number of alkyl halides is 1. The summed E-state index contributed by atoms with van der Waals surface area (Å²) >= 11 is 5.94. The fourth-order valence-electron chi connectivity index (χ4n) is 2.47. The van der Waals surface area contributed by atoms with Crippen molar-refractivity contribution in [3.63, 3.8) is 0 Å². The molecule has 1 heterocycles. The maximum absolute atomic E-state index is 5.94. The monoisotopic (exact) mass is 303 g/mol. The fraction of sp³-hybridized carbons (Fsp3) is 0.294. The average Bonchev–Trinajstić information content (AvgIpc) is 2.96. The van der Waals surface area contributed by atoms with E-state index in [1.807, 2.05) is 12.1 Å². The standard InChI is InChI=1S/C17H18ClNO2/c18-8-9-19(11-14-4-2-1-3-5-14)12-15-6-7-16-17(10-15)21-13-20-16/h1-7,10H,8-9,11-13H2. The van der Waals surface area contributed by atoms with Gasteiger partial charge in [-0.3, -0.25) is 4.90 Å². The van der Waals surface area contributed by atoms with E-state index in [1.165, 1.54) is 11.1 Å². The zero-order valence-electron chi connectivity index (χ0n) is 11.8. The van der Waals surface area contributed by atoms with Gasteiger partial charge in [-0.1, -0.05) is 36.4 Å². The quantitative estimate of drug-likeness (QED) is 0.760. The Balaban J connectivity index is 1.70. The van der Waals surface area contributed by atoms with Crippen LogP contribution in [0.25, 0.3) is 0 Å². The summed E-state index contributed by atoms with van der Waals surface area (Å²) in [5, 5.41) is 0. The van der Waals surface area contributed by atoms with Crippen molar-refractivity contribution in [2.45, 2.75) is 13.1 Å². The number of nitrogens with zero attached hydrogens (tertiary/aromatic N) is 1. The lowest BCUT2D eigenvalue weighted by atomic mass is 10.1. The van der Waals surface area contributed by atoms with Crippen LogP contribution in [0.15, 0.2) is 48.5 Å². The van der Waals surface area contributed by atoms with Crippen molar-refractivity contribution in [3.05, 3.63) is 59.7 Å². The summed E-state index contributed by atoms with van der Waals surface area (Å²) in [7, 11) is 0. The first-order chi connectivity index (χ1) is 10.3. The molecule has 2 aromatic rings. The fourth-order valence-corrected chi connectivity index (χ4v) is 2.71. The Morgan fingerprint density at radius 2 is 1.67 bits per heavy atom. The van der Waals surface area contributed by atoms with E-state index in [1.54, 1.807) is 0 Å². The highest BCUT2D eigenvalue weighted by molar-refractivity contribution is 6.18. The zero-order valence-corrected chi connectivity index (χ0v) is 12.6. The molecule has 0 radical (unpaired) electrons. The number of halogens is 1. The van der Waals surface area contributed by atoms with Gasteiger partial charge >= 0.3 is 0 Å². The highest BCUT2D eigenvalue weighted by Crippen LogP contribution is 2.32. The first-order valence-electron chi connectivity index (χ1n) is 7.06. The lowest BCUT2D eigenvalue weighted by molar-refractivity contribution is 0.174. The third-order valence-corrected chi connectivity index (χ3v) is 3.66. The van der Waals surface area contributed by atoms with Gasteiger partial charge in [-0.2, -0.15) is 0 Å². The molecule has 1 aliphatic rings. The summed E-state index contributed by atoms with van der Waals surface area (Å²) in [4.78, 5) is 2.33. The van der Waals surface area contributed by atoms with Crippen molar-refractivity contribution in [3.8, 4) is 11.5 Å². The van der Waals surface area contributed by atoms with E-state index in [-0.39, 0.29) is 0 Å². The zero-order chi connectivity index (χ0) is 14.5. The largest absolute Gasteiger partial charge is 0.454 e. The Kier molecular flexibility index (Phi) is 4.63. The Hall–Kier alpha value is -1.71. The Morgan fingerprint density at radius 1 is 0.905 bits per heavy atom. The molecule has 0 N–H and O–H groups in total. The van der Waals surface area contributed by atoms with Crippen LogP contribution in [0.3, 0.4) is 0 Å². The number of ether oxygens (including phenoxy) is 2. The second-order valence-corrected chi connectivity index (χ2v) is 5.45. The van der Waals surface area contributed by atoms with Crippen molar-refractivity contribution in [1.82, 2.24) is 4.90 Å². The van der Waals surface area contributed by atoms with Crippen LogP contribution in [-0.4, -0.2) is 24.1 Å². The van der Waals surface area contributed by atoms with Gasteiger partial charge < -0.3 is 9.47 Å². The van der Waals surface area contributed by atoms with Crippen LogP contribution in [0.1, 0.15) is 11.1 Å². The minimum Gasteiger partial charge on any atom is -0.454 e. The second kappa shape index (κ2) is 6.83. The van der Waals surface area contributed by atoms with Gasteiger partial charge in [0, 0.05) is 25.5 Å². The van der Waals surface area contributed by atoms with E-state index >= 15 is 0 Å². The van der Waals surface area contributed by atoms with E-state index in [9.17, 15) is 0 Å². The number of rotatable bonds is 6. The van der Waals surface area contributed by atoms with Crippen molar-refractivity contribution in [2.75, 3.05) is 19.2 Å². The summed E-state index contributed by atoms with van der Waals surface area (Å²) in [6, 6.07) is 16.5. The second-order valence-electron chi connectivity index (χ2n) is 5.07. The Bertz CT molecular complexity index is 589. The van der Waals surface area contributed by atoms with Gasteiger partial charge in [0.2, 0.25) is 6.79 Å². The molecule has 0 unspecified atom stereocenters. The summed E-state index contributed by atoms with van der Waals surface area (Å²) in [5.74, 6) is 2.28. The van der Waals surface area contributed by atoms with Crippen LogP contribution >= 0.6 is 11.6 Å². The summed E-state index contributed by atoms with van der Waals surface area (Å²) in [6.07, 6.45) is 0. The lowest BCUT2D eigenvalue weighted by Crippen LogP contribution is -2.24. The van der Waals surface area contributed by atoms with E-state index in [4.69, 9.17) is 21.1 Å². The van der Waals surface area contributed by atoms with Gasteiger partial charge in [0.25, 0.3) is 0 Å². The predicted octanol–water partition coefficient (Wildman–Crippen LogP) is 3.66. The van der Waals surface area contributed by atoms with Crippen molar-refractivity contribution < 1.29 is 9.47 Å². The summed E-state index contributed by atoms with van der Waals surface area (Å²) in [6.45, 7) is 2.90. The van der Waals surface area contributed by atoms with Crippen LogP contribution in [-0.2, 0) is 13.1 Å². The molecule has 0 saturated carbocycles. The van der Waals surface area contributed by atoms with E-state index in [0.29, 0.717) is 12.7 Å². The molecule has 21 heavy (non-hydrogen) atoms. The van der Waals surface area contributed by atoms with Gasteiger partial charge in [-0.25, -0.2) is 0 Å². The van der Waals surface area contributed by atoms with E-state index in [0.717, 1.165) is 31.1 Å². The average molecular weight is 304 g/mol.